The quantitative estimate of drug-likeness (QED) is 0.0267. The number of piperidine rings is 4. The second-order valence-electron chi connectivity index (χ2n) is 30.7. The highest BCUT2D eigenvalue weighted by Crippen LogP contribution is 2.32. The molecule has 0 saturated carbocycles. The van der Waals surface area contributed by atoms with E-state index in [1.807, 2.05) is 222 Å². The predicted molar refractivity (Wildman–Crippen MR) is 460 cm³/mol. The van der Waals surface area contributed by atoms with Crippen LogP contribution in [0.1, 0.15) is 181 Å². The van der Waals surface area contributed by atoms with Crippen molar-refractivity contribution in [3.63, 3.8) is 0 Å². The average molecular weight is 1500 g/mol. The van der Waals surface area contributed by atoms with Gasteiger partial charge in [0.25, 0.3) is 0 Å². The lowest BCUT2D eigenvalue weighted by molar-refractivity contribution is 0.218. The molecule has 592 valence electrons. The van der Waals surface area contributed by atoms with Crippen molar-refractivity contribution in [3.05, 3.63) is 235 Å². The van der Waals surface area contributed by atoms with Gasteiger partial charge in [-0.3, -0.25) is 19.6 Å². The van der Waals surface area contributed by atoms with Gasteiger partial charge in [0.2, 0.25) is 0 Å². The summed E-state index contributed by atoms with van der Waals surface area (Å²) in [5.74, 6) is 2.66. The summed E-state index contributed by atoms with van der Waals surface area (Å²) in [7, 11) is 15.8. The predicted octanol–water partition coefficient (Wildman–Crippen LogP) is 18.5. The molecule has 8 N–H and O–H groups in total. The summed E-state index contributed by atoms with van der Waals surface area (Å²) < 4.78 is 0. The molecule has 0 bridgehead atoms. The fourth-order valence-electron chi connectivity index (χ4n) is 14.1. The van der Waals surface area contributed by atoms with E-state index in [0.717, 1.165) is 168 Å². The average Bonchev–Trinajstić information content (AvgIpc) is 0.831. The third-order valence-electron chi connectivity index (χ3n) is 20.1. The Morgan fingerprint density at radius 1 is 0.218 bits per heavy atom. The monoisotopic (exact) mass is 1500 g/mol. The van der Waals surface area contributed by atoms with E-state index in [9.17, 15) is 40.9 Å². The Morgan fingerprint density at radius 3 is 0.482 bits per heavy atom. The Hall–Kier alpha value is -9.20. The number of benzene rings is 8. The molecular weight excluding hydrogens is 1370 g/mol. The number of likely N-dealkylation sites (tertiary alicyclic amines) is 4. The van der Waals surface area contributed by atoms with Crippen LogP contribution < -0.4 is 0 Å². The molecule has 4 aliphatic rings. The summed E-state index contributed by atoms with van der Waals surface area (Å²) in [5.41, 5.74) is 15.1. The van der Waals surface area contributed by atoms with Crippen LogP contribution in [0.5, 0.6) is 46.0 Å². The lowest BCUT2D eigenvalue weighted by Gasteiger charge is -2.26. The van der Waals surface area contributed by atoms with Crippen molar-refractivity contribution >= 4 is 48.6 Å². The van der Waals surface area contributed by atoms with E-state index < -0.39 is 0 Å². The number of aromatic hydroxyl groups is 8. The molecule has 12 rings (SSSR count). The summed E-state index contributed by atoms with van der Waals surface area (Å²) in [5, 5.41) is 82.2. The van der Waals surface area contributed by atoms with Crippen LogP contribution in [-0.4, -0.2) is 189 Å². The highest BCUT2D eigenvalue weighted by molar-refractivity contribution is 5.74. The summed E-state index contributed by atoms with van der Waals surface area (Å²) in [6.45, 7) is 15.1. The highest BCUT2D eigenvalue weighted by atomic mass is 16.3. The van der Waals surface area contributed by atoms with E-state index in [4.69, 9.17) is 0 Å². The zero-order valence-corrected chi connectivity index (χ0v) is 65.4. The standard InChI is InChI=1S/2C26H34N2O2.2C20H26N2O2.2CH4/c2*29-25-17-21(9-11-23(25)19-27-13-3-1-4-14-27)7-8-22-10-12-24(26(30)18-22)20-28-15-5-2-6-16-28;2*1-21(2)13-17-9-7-15(11-19(17)23)5-6-16-8-10-18(14-22(3)4)20(24)12-16;;/h2*7-12,17-18,29-30H,1-6,13-16,19-20H2;2*5-12,23-24H,13-14H2,1-4H3;2*1H4/b8-7+;8-7-;6-5+;6-5-;;. The van der Waals surface area contributed by atoms with Crippen LogP contribution >= 0.6 is 0 Å². The maximum absolute atomic E-state index is 10.5. The van der Waals surface area contributed by atoms with E-state index in [2.05, 4.69) is 43.9 Å². The highest BCUT2D eigenvalue weighted by Gasteiger charge is 2.18. The van der Waals surface area contributed by atoms with Gasteiger partial charge in [0.05, 0.1) is 0 Å². The lowest BCUT2D eigenvalue weighted by Crippen LogP contribution is -2.29. The zero-order valence-electron chi connectivity index (χ0n) is 65.4. The molecule has 4 aliphatic heterocycles. The Bertz CT molecular complexity index is 3720. The van der Waals surface area contributed by atoms with Crippen LogP contribution in [0.15, 0.2) is 146 Å². The van der Waals surface area contributed by atoms with Crippen molar-refractivity contribution in [2.75, 3.05) is 109 Å². The van der Waals surface area contributed by atoms with Crippen molar-refractivity contribution in [2.24, 2.45) is 0 Å². The third kappa shape index (κ3) is 29.6. The molecule has 0 radical (unpaired) electrons. The molecule has 0 aromatic heterocycles. The minimum absolute atomic E-state index is 0. The Morgan fingerprint density at radius 2 is 0.355 bits per heavy atom. The number of hydrogen-bond acceptors (Lipinski definition) is 16. The maximum Gasteiger partial charge on any atom is 0.120 e. The summed E-state index contributed by atoms with van der Waals surface area (Å²) >= 11 is 0. The SMILES string of the molecule is C.C.CN(C)Cc1ccc(/C=C/c2ccc(CN(C)C)c(O)c2)cc1O.CN(C)Cc1ccc(/C=C\c2ccc(CN(C)C)c(O)c2)cc1O.Oc1cc(/C=C/c2ccc(CN3CCCCC3)c(O)c2)ccc1CN1CCCCC1.Oc1cc(/C=C\c2ccc(CN3CCCCC3)c(O)c2)ccc1CN1CCCCC1. The number of phenols is 8. The molecule has 4 fully saturated rings. The van der Waals surface area contributed by atoms with Gasteiger partial charge in [0.1, 0.15) is 46.0 Å². The molecule has 4 saturated heterocycles. The third-order valence-corrected chi connectivity index (χ3v) is 20.1. The van der Waals surface area contributed by atoms with Gasteiger partial charge < -0.3 is 60.5 Å². The van der Waals surface area contributed by atoms with Gasteiger partial charge in [-0.05, 0) is 253 Å². The number of nitrogens with zero attached hydrogens (tertiary/aromatic N) is 8. The van der Waals surface area contributed by atoms with E-state index in [1.165, 1.54) is 77.0 Å². The largest absolute Gasteiger partial charge is 0.508 e. The van der Waals surface area contributed by atoms with Crippen LogP contribution in [0.25, 0.3) is 48.6 Å². The van der Waals surface area contributed by atoms with E-state index in [0.29, 0.717) is 72.2 Å². The zero-order chi connectivity index (χ0) is 76.9. The van der Waals surface area contributed by atoms with E-state index in [1.54, 1.807) is 24.3 Å². The van der Waals surface area contributed by atoms with Gasteiger partial charge in [0.15, 0.2) is 0 Å². The number of phenolic OH excluding ortho intramolecular Hbond substituents is 8. The Balaban J connectivity index is 0.000000204. The molecule has 0 amide bonds. The first-order valence-electron chi connectivity index (χ1n) is 38.8. The van der Waals surface area contributed by atoms with Crippen molar-refractivity contribution in [1.82, 2.24) is 39.2 Å². The van der Waals surface area contributed by atoms with Crippen molar-refractivity contribution in [3.8, 4) is 46.0 Å². The first kappa shape index (κ1) is 88.0. The molecule has 4 heterocycles. The molecule has 16 heteroatoms. The van der Waals surface area contributed by atoms with E-state index >= 15 is 0 Å². The number of rotatable bonds is 24. The van der Waals surface area contributed by atoms with Gasteiger partial charge in [-0.2, -0.15) is 0 Å². The molecule has 0 unspecified atom stereocenters. The van der Waals surface area contributed by atoms with Crippen molar-refractivity contribution in [2.45, 2.75) is 144 Å². The normalized spacial score (nSPS) is 15.4. The summed E-state index contributed by atoms with van der Waals surface area (Å²) in [4.78, 5) is 17.7. The second-order valence-corrected chi connectivity index (χ2v) is 30.7. The molecule has 16 nitrogen and oxygen atoms in total. The van der Waals surface area contributed by atoms with Crippen molar-refractivity contribution < 1.29 is 40.9 Å². The molecule has 110 heavy (non-hydrogen) atoms. The molecular formula is C94H128N8O8. The van der Waals surface area contributed by atoms with Gasteiger partial charge >= 0.3 is 0 Å². The molecule has 8 aromatic rings. The van der Waals surface area contributed by atoms with E-state index in [-0.39, 0.29) is 14.9 Å². The van der Waals surface area contributed by atoms with Crippen LogP contribution in [0.2, 0.25) is 0 Å². The Labute approximate surface area is 658 Å². The van der Waals surface area contributed by atoms with Gasteiger partial charge in [-0.15, -0.1) is 0 Å². The fourth-order valence-corrected chi connectivity index (χ4v) is 14.1. The fraction of sp³-hybridized carbons (Fsp3) is 0.404. The molecule has 0 aliphatic carbocycles. The molecule has 8 aromatic carbocycles. The van der Waals surface area contributed by atoms with Crippen LogP contribution in [0.3, 0.4) is 0 Å². The summed E-state index contributed by atoms with van der Waals surface area (Å²) in [6, 6.07) is 46.4. The minimum atomic E-state index is 0. The lowest BCUT2D eigenvalue weighted by atomic mass is 10.0. The van der Waals surface area contributed by atoms with Crippen molar-refractivity contribution in [1.29, 1.82) is 0 Å². The topological polar surface area (TPSA) is 188 Å². The van der Waals surface area contributed by atoms with Crippen LogP contribution in [0, 0.1) is 0 Å². The first-order valence-corrected chi connectivity index (χ1v) is 38.8. The van der Waals surface area contributed by atoms with Crippen LogP contribution in [-0.2, 0) is 52.4 Å². The minimum Gasteiger partial charge on any atom is -0.508 e. The van der Waals surface area contributed by atoms with Gasteiger partial charge in [0, 0.05) is 96.9 Å². The Kier molecular flexibility index (Phi) is 36.2. The maximum atomic E-state index is 10.5. The smallest absolute Gasteiger partial charge is 0.120 e. The van der Waals surface area contributed by atoms with Crippen LogP contribution in [0.4, 0.5) is 0 Å². The first-order chi connectivity index (χ1) is 52.0. The second kappa shape index (κ2) is 45.2. The summed E-state index contributed by atoms with van der Waals surface area (Å²) in [6.07, 6.45) is 31.0. The molecule has 0 spiro atoms. The van der Waals surface area contributed by atoms with Gasteiger partial charge in [-0.25, -0.2) is 0 Å². The van der Waals surface area contributed by atoms with Gasteiger partial charge in [-0.1, -0.05) is 186 Å². The molecule has 0 atom stereocenters. The number of hydrogen-bond donors (Lipinski definition) is 8.